The molecule has 0 saturated heterocycles. The molecule has 1 heterocycles. The SMILES string of the molecule is Cc1ccc(C)c(Nc2nnc(C)c(=O)[nH]2)c1. The number of nitrogens with zero attached hydrogens (tertiary/aromatic N) is 2. The molecule has 0 fully saturated rings. The number of rotatable bonds is 2. The summed E-state index contributed by atoms with van der Waals surface area (Å²) < 4.78 is 0. The summed E-state index contributed by atoms with van der Waals surface area (Å²) in [6.45, 7) is 5.61. The number of aromatic nitrogens is 3. The first-order valence-corrected chi connectivity index (χ1v) is 5.34. The molecule has 0 unspecified atom stereocenters. The third kappa shape index (κ3) is 2.50. The molecule has 0 aliphatic rings. The second kappa shape index (κ2) is 4.37. The molecule has 0 aliphatic heterocycles. The van der Waals surface area contributed by atoms with Gasteiger partial charge in [0.1, 0.15) is 5.69 Å². The van der Waals surface area contributed by atoms with E-state index in [4.69, 9.17) is 0 Å². The van der Waals surface area contributed by atoms with E-state index >= 15 is 0 Å². The van der Waals surface area contributed by atoms with E-state index in [0.29, 0.717) is 11.6 Å². The van der Waals surface area contributed by atoms with E-state index in [0.717, 1.165) is 16.8 Å². The summed E-state index contributed by atoms with van der Waals surface area (Å²) in [4.78, 5) is 14.0. The van der Waals surface area contributed by atoms with Crippen LogP contribution in [0.1, 0.15) is 16.8 Å². The topological polar surface area (TPSA) is 70.7 Å². The Bertz CT molecular complexity index is 604. The van der Waals surface area contributed by atoms with Gasteiger partial charge in [0, 0.05) is 5.69 Å². The molecule has 0 aliphatic carbocycles. The van der Waals surface area contributed by atoms with E-state index in [1.54, 1.807) is 6.92 Å². The van der Waals surface area contributed by atoms with E-state index < -0.39 is 0 Å². The molecule has 0 bridgehead atoms. The number of nitrogens with one attached hydrogen (secondary N) is 2. The first-order valence-electron chi connectivity index (χ1n) is 5.34. The zero-order valence-electron chi connectivity index (χ0n) is 10.0. The van der Waals surface area contributed by atoms with E-state index in [1.807, 2.05) is 32.0 Å². The van der Waals surface area contributed by atoms with Gasteiger partial charge in [-0.2, -0.15) is 0 Å². The lowest BCUT2D eigenvalue weighted by molar-refractivity contribution is 0.907. The predicted octanol–water partition coefficient (Wildman–Crippen LogP) is 1.83. The summed E-state index contributed by atoms with van der Waals surface area (Å²) in [6.07, 6.45) is 0. The summed E-state index contributed by atoms with van der Waals surface area (Å²) in [7, 11) is 0. The van der Waals surface area contributed by atoms with Crippen LogP contribution in [-0.4, -0.2) is 15.2 Å². The fraction of sp³-hybridized carbons (Fsp3) is 0.250. The van der Waals surface area contributed by atoms with Crippen LogP contribution in [0.5, 0.6) is 0 Å². The maximum atomic E-state index is 11.4. The van der Waals surface area contributed by atoms with Gasteiger partial charge < -0.3 is 5.32 Å². The summed E-state index contributed by atoms with van der Waals surface area (Å²) in [6, 6.07) is 6.04. The Hall–Kier alpha value is -2.17. The Morgan fingerprint density at radius 2 is 1.94 bits per heavy atom. The highest BCUT2D eigenvalue weighted by atomic mass is 16.1. The molecule has 2 aromatic rings. The van der Waals surface area contributed by atoms with Gasteiger partial charge >= 0.3 is 0 Å². The van der Waals surface area contributed by atoms with Crippen LogP contribution in [0, 0.1) is 20.8 Å². The molecule has 0 radical (unpaired) electrons. The number of aromatic amines is 1. The predicted molar refractivity (Wildman–Crippen MR) is 66.6 cm³/mol. The number of anilines is 2. The van der Waals surface area contributed by atoms with Crippen LogP contribution in [0.3, 0.4) is 0 Å². The lowest BCUT2D eigenvalue weighted by Gasteiger charge is -2.08. The zero-order chi connectivity index (χ0) is 12.4. The first-order chi connectivity index (χ1) is 8.06. The third-order valence-electron chi connectivity index (χ3n) is 2.51. The monoisotopic (exact) mass is 230 g/mol. The van der Waals surface area contributed by atoms with Crippen molar-refractivity contribution in [2.45, 2.75) is 20.8 Å². The molecule has 88 valence electrons. The van der Waals surface area contributed by atoms with Crippen molar-refractivity contribution in [3.8, 4) is 0 Å². The Morgan fingerprint density at radius 3 is 2.65 bits per heavy atom. The third-order valence-corrected chi connectivity index (χ3v) is 2.51. The minimum absolute atomic E-state index is 0.229. The highest BCUT2D eigenvalue weighted by Gasteiger charge is 2.03. The van der Waals surface area contributed by atoms with Crippen molar-refractivity contribution >= 4 is 11.6 Å². The number of hydrogen-bond donors (Lipinski definition) is 2. The van der Waals surface area contributed by atoms with Crippen LogP contribution in [0.25, 0.3) is 0 Å². The Kier molecular flexibility index (Phi) is 2.91. The van der Waals surface area contributed by atoms with Crippen LogP contribution in [-0.2, 0) is 0 Å². The molecule has 0 amide bonds. The van der Waals surface area contributed by atoms with Gasteiger partial charge in [-0.05, 0) is 38.0 Å². The fourth-order valence-electron chi connectivity index (χ4n) is 1.45. The minimum atomic E-state index is -0.229. The van der Waals surface area contributed by atoms with Crippen molar-refractivity contribution < 1.29 is 0 Å². The molecule has 1 aromatic carbocycles. The maximum absolute atomic E-state index is 11.4. The van der Waals surface area contributed by atoms with Crippen molar-refractivity contribution in [3.63, 3.8) is 0 Å². The zero-order valence-corrected chi connectivity index (χ0v) is 10.0. The molecule has 1 aromatic heterocycles. The van der Waals surface area contributed by atoms with Gasteiger partial charge in [0.15, 0.2) is 0 Å². The molecule has 0 atom stereocenters. The van der Waals surface area contributed by atoms with Crippen molar-refractivity contribution in [2.75, 3.05) is 5.32 Å². The number of benzene rings is 1. The minimum Gasteiger partial charge on any atom is -0.324 e. The number of aryl methyl sites for hydroxylation is 3. The summed E-state index contributed by atoms with van der Waals surface area (Å²) in [5.74, 6) is 0.356. The van der Waals surface area contributed by atoms with E-state index in [2.05, 4.69) is 20.5 Å². The van der Waals surface area contributed by atoms with Crippen molar-refractivity contribution in [1.82, 2.24) is 15.2 Å². The molecule has 5 heteroatoms. The highest BCUT2D eigenvalue weighted by Crippen LogP contribution is 2.18. The second-order valence-corrected chi connectivity index (χ2v) is 4.03. The molecule has 2 rings (SSSR count). The van der Waals surface area contributed by atoms with Crippen molar-refractivity contribution in [1.29, 1.82) is 0 Å². The average Bonchev–Trinajstić information content (AvgIpc) is 2.29. The molecule has 5 nitrogen and oxygen atoms in total. The van der Waals surface area contributed by atoms with Crippen LogP contribution >= 0.6 is 0 Å². The fourth-order valence-corrected chi connectivity index (χ4v) is 1.45. The summed E-state index contributed by atoms with van der Waals surface area (Å²) >= 11 is 0. The van der Waals surface area contributed by atoms with Gasteiger partial charge in [-0.1, -0.05) is 12.1 Å². The quantitative estimate of drug-likeness (QED) is 0.825. The first kappa shape index (κ1) is 11.3. The molecule has 17 heavy (non-hydrogen) atoms. The van der Waals surface area contributed by atoms with Crippen LogP contribution < -0.4 is 10.9 Å². The Labute approximate surface area is 98.9 Å². The largest absolute Gasteiger partial charge is 0.324 e. The molecule has 0 saturated carbocycles. The number of H-pyrrole nitrogens is 1. The maximum Gasteiger partial charge on any atom is 0.273 e. The van der Waals surface area contributed by atoms with Gasteiger partial charge in [0.05, 0.1) is 0 Å². The molecule has 0 spiro atoms. The van der Waals surface area contributed by atoms with Crippen LogP contribution in [0.4, 0.5) is 11.6 Å². The summed E-state index contributed by atoms with van der Waals surface area (Å²) in [5, 5.41) is 10.7. The molecule has 2 N–H and O–H groups in total. The normalized spacial score (nSPS) is 10.3. The van der Waals surface area contributed by atoms with Crippen molar-refractivity contribution in [3.05, 3.63) is 45.4 Å². The van der Waals surface area contributed by atoms with Crippen LogP contribution in [0.2, 0.25) is 0 Å². The lowest BCUT2D eigenvalue weighted by Crippen LogP contribution is -2.15. The van der Waals surface area contributed by atoms with E-state index in [-0.39, 0.29) is 5.56 Å². The Morgan fingerprint density at radius 1 is 1.18 bits per heavy atom. The van der Waals surface area contributed by atoms with Gasteiger partial charge in [-0.15, -0.1) is 10.2 Å². The number of hydrogen-bond acceptors (Lipinski definition) is 4. The van der Waals surface area contributed by atoms with Gasteiger partial charge in [-0.3, -0.25) is 9.78 Å². The second-order valence-electron chi connectivity index (χ2n) is 4.03. The van der Waals surface area contributed by atoms with E-state index in [1.165, 1.54) is 0 Å². The van der Waals surface area contributed by atoms with Gasteiger partial charge in [0.2, 0.25) is 5.95 Å². The smallest absolute Gasteiger partial charge is 0.273 e. The van der Waals surface area contributed by atoms with Crippen LogP contribution in [0.15, 0.2) is 23.0 Å². The Balaban J connectivity index is 2.34. The highest BCUT2D eigenvalue weighted by molar-refractivity contribution is 5.58. The van der Waals surface area contributed by atoms with Gasteiger partial charge in [0.25, 0.3) is 5.56 Å². The van der Waals surface area contributed by atoms with Crippen molar-refractivity contribution in [2.24, 2.45) is 0 Å². The van der Waals surface area contributed by atoms with E-state index in [9.17, 15) is 4.79 Å². The van der Waals surface area contributed by atoms with Gasteiger partial charge in [-0.25, -0.2) is 0 Å². The molecular formula is C12H14N4O. The standard InChI is InChI=1S/C12H14N4O/c1-7-4-5-8(2)10(6-7)13-12-14-11(17)9(3)15-16-12/h4-6H,1-3H3,(H2,13,14,16,17). The average molecular weight is 230 g/mol. The summed E-state index contributed by atoms with van der Waals surface area (Å²) in [5.41, 5.74) is 3.27. The lowest BCUT2D eigenvalue weighted by atomic mass is 10.1. The molecular weight excluding hydrogens is 216 g/mol.